The lowest BCUT2D eigenvalue weighted by Crippen LogP contribution is -2.46. The van der Waals surface area contributed by atoms with Crippen molar-refractivity contribution in [2.75, 3.05) is 38.1 Å². The maximum Gasteiger partial charge on any atom is 0.269 e. The minimum Gasteiger partial charge on any atom is -0.368 e. The summed E-state index contributed by atoms with van der Waals surface area (Å²) >= 11 is 0. The van der Waals surface area contributed by atoms with E-state index in [-0.39, 0.29) is 17.3 Å². The molecule has 34 heavy (non-hydrogen) atoms. The van der Waals surface area contributed by atoms with E-state index in [0.29, 0.717) is 34.0 Å². The molecule has 0 atom stereocenters. The highest BCUT2D eigenvalue weighted by Crippen LogP contribution is 2.26. The number of aromatic amines is 1. The number of H-pyrrole nitrogens is 1. The second kappa shape index (κ2) is 8.53. The van der Waals surface area contributed by atoms with Gasteiger partial charge in [0.25, 0.3) is 11.5 Å². The summed E-state index contributed by atoms with van der Waals surface area (Å²) in [5, 5.41) is 7.47. The number of nitrogens with zero attached hydrogens (tertiary/aromatic N) is 5. The van der Waals surface area contributed by atoms with E-state index in [4.69, 9.17) is 0 Å². The van der Waals surface area contributed by atoms with Crippen molar-refractivity contribution in [3.63, 3.8) is 0 Å². The Labute approximate surface area is 195 Å². The van der Waals surface area contributed by atoms with Crippen LogP contribution >= 0.6 is 0 Å². The molecule has 1 fully saturated rings. The smallest absolute Gasteiger partial charge is 0.269 e. The van der Waals surface area contributed by atoms with E-state index in [1.54, 1.807) is 26.2 Å². The van der Waals surface area contributed by atoms with Gasteiger partial charge in [0.05, 0.1) is 39.4 Å². The number of rotatable bonds is 4. The molecule has 3 aromatic heterocycles. The number of aryl methyl sites for hydroxylation is 2. The summed E-state index contributed by atoms with van der Waals surface area (Å²) in [6.45, 7) is 5.68. The SMILES string of the molecule is CNC(=O)c1ccc(N2CCN(Cc3cc(F)c4c(c3)[nH]c(=O)c3cnn(C)c34)CC2)c(C)n1. The fraction of sp³-hybridized carbons (Fsp3) is 0.333. The average molecular weight is 464 g/mol. The highest BCUT2D eigenvalue weighted by Gasteiger charge is 2.21. The Bertz CT molecular complexity index is 1470. The standard InChI is InChI=1S/C24H26FN7O2/c1-14-20(5-4-18(28-14)24(34)26-2)32-8-6-31(7-9-32)13-15-10-17(25)21-19(11-15)29-23(33)16-12-27-30(3)22(16)21/h4-5,10-12H,6-9,13H2,1-3H3,(H,26,34)(H,29,33). The molecule has 1 aromatic carbocycles. The first kappa shape index (κ1) is 22.0. The van der Waals surface area contributed by atoms with Crippen LogP contribution in [0.4, 0.5) is 10.1 Å². The molecule has 0 spiro atoms. The maximum atomic E-state index is 15.1. The van der Waals surface area contributed by atoms with E-state index < -0.39 is 0 Å². The van der Waals surface area contributed by atoms with Crippen LogP contribution in [0.2, 0.25) is 0 Å². The van der Waals surface area contributed by atoms with Crippen molar-refractivity contribution in [2.45, 2.75) is 13.5 Å². The average Bonchev–Trinajstić information content (AvgIpc) is 3.21. The van der Waals surface area contributed by atoms with Crippen LogP contribution in [0.5, 0.6) is 0 Å². The van der Waals surface area contributed by atoms with Gasteiger partial charge in [0.2, 0.25) is 0 Å². The zero-order chi connectivity index (χ0) is 24.0. The van der Waals surface area contributed by atoms with Crippen LogP contribution in [-0.4, -0.2) is 63.8 Å². The number of anilines is 1. The summed E-state index contributed by atoms with van der Waals surface area (Å²) in [5.74, 6) is -0.568. The number of carbonyl (C=O) groups is 1. The van der Waals surface area contributed by atoms with Crippen LogP contribution < -0.4 is 15.8 Å². The number of nitrogens with one attached hydrogen (secondary N) is 2. The van der Waals surface area contributed by atoms with Gasteiger partial charge >= 0.3 is 0 Å². The number of hydrogen-bond acceptors (Lipinski definition) is 6. The van der Waals surface area contributed by atoms with Gasteiger partial charge in [0, 0.05) is 46.8 Å². The number of fused-ring (bicyclic) bond motifs is 3. The van der Waals surface area contributed by atoms with Crippen molar-refractivity contribution in [2.24, 2.45) is 7.05 Å². The number of piperazine rings is 1. The van der Waals surface area contributed by atoms with Crippen LogP contribution in [0.1, 0.15) is 21.7 Å². The summed E-state index contributed by atoms with van der Waals surface area (Å²) in [6, 6.07) is 7.08. The first-order valence-corrected chi connectivity index (χ1v) is 11.2. The lowest BCUT2D eigenvalue weighted by Gasteiger charge is -2.36. The van der Waals surface area contributed by atoms with Gasteiger partial charge < -0.3 is 15.2 Å². The molecule has 0 bridgehead atoms. The zero-order valence-electron chi connectivity index (χ0n) is 19.4. The number of amides is 1. The van der Waals surface area contributed by atoms with Crippen molar-refractivity contribution in [3.8, 4) is 0 Å². The molecule has 1 amide bonds. The molecule has 2 N–H and O–H groups in total. The van der Waals surface area contributed by atoms with Crippen LogP contribution in [-0.2, 0) is 13.6 Å². The quantitative estimate of drug-likeness (QED) is 0.480. The van der Waals surface area contributed by atoms with Gasteiger partial charge in [-0.15, -0.1) is 0 Å². The van der Waals surface area contributed by atoms with Crippen molar-refractivity contribution in [1.29, 1.82) is 0 Å². The molecule has 4 aromatic rings. The van der Waals surface area contributed by atoms with Crippen LogP contribution in [0.25, 0.3) is 21.8 Å². The monoisotopic (exact) mass is 463 g/mol. The first-order chi connectivity index (χ1) is 16.4. The number of hydrogen-bond donors (Lipinski definition) is 2. The summed E-state index contributed by atoms with van der Waals surface area (Å²) < 4.78 is 16.7. The molecule has 1 saturated heterocycles. The Balaban J connectivity index is 1.33. The largest absolute Gasteiger partial charge is 0.368 e. The molecule has 176 valence electrons. The van der Waals surface area contributed by atoms with Gasteiger partial charge in [-0.25, -0.2) is 9.37 Å². The van der Waals surface area contributed by atoms with Crippen molar-refractivity contribution in [1.82, 2.24) is 30.0 Å². The highest BCUT2D eigenvalue weighted by molar-refractivity contribution is 6.03. The number of halogens is 1. The van der Waals surface area contributed by atoms with E-state index in [1.165, 1.54) is 10.9 Å². The number of pyridine rings is 2. The van der Waals surface area contributed by atoms with Gasteiger partial charge in [-0.1, -0.05) is 0 Å². The Kier molecular flexibility index (Phi) is 5.52. The van der Waals surface area contributed by atoms with Crippen LogP contribution in [0, 0.1) is 12.7 Å². The predicted molar refractivity (Wildman–Crippen MR) is 129 cm³/mol. The Morgan fingerprint density at radius 1 is 1.21 bits per heavy atom. The molecule has 0 unspecified atom stereocenters. The highest BCUT2D eigenvalue weighted by atomic mass is 19.1. The zero-order valence-corrected chi connectivity index (χ0v) is 19.4. The molecule has 9 nitrogen and oxygen atoms in total. The summed E-state index contributed by atoms with van der Waals surface area (Å²) in [4.78, 5) is 36.0. The summed E-state index contributed by atoms with van der Waals surface area (Å²) in [6.07, 6.45) is 1.46. The normalized spacial score (nSPS) is 14.8. The molecule has 1 aliphatic heterocycles. The predicted octanol–water partition coefficient (Wildman–Crippen LogP) is 1.94. The fourth-order valence-corrected chi connectivity index (χ4v) is 4.73. The number of aromatic nitrogens is 4. The van der Waals surface area contributed by atoms with Gasteiger partial charge in [-0.3, -0.25) is 19.2 Å². The second-order valence-electron chi connectivity index (χ2n) is 8.63. The summed E-state index contributed by atoms with van der Waals surface area (Å²) in [7, 11) is 3.29. The van der Waals surface area contributed by atoms with Gasteiger partial charge in [-0.05, 0) is 36.8 Å². The lowest BCUT2D eigenvalue weighted by molar-refractivity contribution is 0.0958. The molecule has 10 heteroatoms. The first-order valence-electron chi connectivity index (χ1n) is 11.2. The number of carbonyl (C=O) groups excluding carboxylic acids is 1. The van der Waals surface area contributed by atoms with E-state index in [9.17, 15) is 9.59 Å². The van der Waals surface area contributed by atoms with E-state index in [1.807, 2.05) is 19.1 Å². The Morgan fingerprint density at radius 2 is 1.97 bits per heavy atom. The molecule has 0 aliphatic carbocycles. The minimum absolute atomic E-state index is 0.201. The van der Waals surface area contributed by atoms with E-state index in [0.717, 1.165) is 43.1 Å². The van der Waals surface area contributed by atoms with Gasteiger partial charge in [-0.2, -0.15) is 5.10 Å². The van der Waals surface area contributed by atoms with Crippen LogP contribution in [0.15, 0.2) is 35.3 Å². The third kappa shape index (κ3) is 3.79. The molecule has 5 rings (SSSR count). The van der Waals surface area contributed by atoms with Gasteiger partial charge in [0.1, 0.15) is 11.5 Å². The summed E-state index contributed by atoms with van der Waals surface area (Å²) in [5.41, 5.74) is 3.76. The third-order valence-electron chi connectivity index (χ3n) is 6.46. The molecule has 1 aliphatic rings. The molecular weight excluding hydrogens is 437 g/mol. The minimum atomic E-state index is -0.367. The molecule has 0 radical (unpaired) electrons. The van der Waals surface area contributed by atoms with Crippen molar-refractivity contribution < 1.29 is 9.18 Å². The van der Waals surface area contributed by atoms with Crippen molar-refractivity contribution in [3.05, 3.63) is 63.6 Å². The molecule has 0 saturated carbocycles. The Hall–Kier alpha value is -3.79. The van der Waals surface area contributed by atoms with Crippen molar-refractivity contribution >= 4 is 33.4 Å². The maximum absolute atomic E-state index is 15.1. The second-order valence-corrected chi connectivity index (χ2v) is 8.63. The molecule has 4 heterocycles. The van der Waals surface area contributed by atoms with Gasteiger partial charge in [0.15, 0.2) is 0 Å². The Morgan fingerprint density at radius 3 is 2.68 bits per heavy atom. The fourth-order valence-electron chi connectivity index (χ4n) is 4.73. The third-order valence-corrected chi connectivity index (χ3v) is 6.46. The lowest BCUT2D eigenvalue weighted by atomic mass is 10.1. The molecular formula is C24H26FN7O2. The topological polar surface area (TPSA) is 99.1 Å². The van der Waals surface area contributed by atoms with E-state index in [2.05, 4.69) is 30.2 Å². The van der Waals surface area contributed by atoms with E-state index >= 15 is 4.39 Å². The number of benzene rings is 1. The van der Waals surface area contributed by atoms with Crippen LogP contribution in [0.3, 0.4) is 0 Å².